The molecule has 1 amide bonds. The van der Waals surface area contributed by atoms with Gasteiger partial charge in [0.05, 0.1) is 18.2 Å². The lowest BCUT2D eigenvalue weighted by molar-refractivity contribution is -0.121. The van der Waals surface area contributed by atoms with E-state index in [1.54, 1.807) is 10.9 Å². The van der Waals surface area contributed by atoms with Crippen molar-refractivity contribution in [2.45, 2.75) is 37.6 Å². The lowest BCUT2D eigenvalue weighted by Gasteiger charge is -2.21. The molecule has 0 atom stereocenters. The number of carbonyl (C=O) groups is 1. The van der Waals surface area contributed by atoms with Crippen molar-refractivity contribution in [2.24, 2.45) is 0 Å². The van der Waals surface area contributed by atoms with Gasteiger partial charge < -0.3 is 5.32 Å². The van der Waals surface area contributed by atoms with Gasteiger partial charge in [-0.15, -0.1) is 0 Å². The van der Waals surface area contributed by atoms with E-state index in [1.165, 1.54) is 0 Å². The number of amides is 1. The van der Waals surface area contributed by atoms with Crippen molar-refractivity contribution in [3.8, 4) is 11.8 Å². The van der Waals surface area contributed by atoms with Crippen LogP contribution in [0.15, 0.2) is 42.7 Å². The molecule has 0 radical (unpaired) electrons. The van der Waals surface area contributed by atoms with E-state index in [2.05, 4.69) is 16.5 Å². The van der Waals surface area contributed by atoms with E-state index in [-0.39, 0.29) is 5.91 Å². The molecule has 112 valence electrons. The van der Waals surface area contributed by atoms with Crippen molar-refractivity contribution >= 4 is 5.91 Å². The number of hydrogen-bond acceptors (Lipinski definition) is 3. The largest absolute Gasteiger partial charge is 0.338 e. The number of hydrogen-bond donors (Lipinski definition) is 1. The van der Waals surface area contributed by atoms with Crippen LogP contribution in [0.25, 0.3) is 5.69 Å². The number of nitrogens with one attached hydrogen (secondary N) is 1. The zero-order valence-electron chi connectivity index (χ0n) is 12.3. The first-order chi connectivity index (χ1) is 10.7. The predicted molar refractivity (Wildman–Crippen MR) is 82.2 cm³/mol. The minimum Gasteiger partial charge on any atom is -0.338 e. The van der Waals surface area contributed by atoms with E-state index >= 15 is 0 Å². The highest BCUT2D eigenvalue weighted by Crippen LogP contribution is 2.28. The number of nitriles is 1. The Labute approximate surface area is 129 Å². The van der Waals surface area contributed by atoms with Crippen LogP contribution in [0, 0.1) is 11.3 Å². The first-order valence-electron chi connectivity index (χ1n) is 7.52. The summed E-state index contributed by atoms with van der Waals surface area (Å²) in [5.74, 6) is -0.0877. The second-order valence-electron chi connectivity index (χ2n) is 5.74. The topological polar surface area (TPSA) is 70.7 Å². The highest BCUT2D eigenvalue weighted by Gasteiger charge is 2.35. The van der Waals surface area contributed by atoms with Crippen LogP contribution in [0.4, 0.5) is 0 Å². The van der Waals surface area contributed by atoms with Crippen molar-refractivity contribution in [3.05, 3.63) is 48.3 Å². The van der Waals surface area contributed by atoms with Gasteiger partial charge in [-0.05, 0) is 49.4 Å². The lowest BCUT2D eigenvalue weighted by Crippen LogP contribution is -2.45. The van der Waals surface area contributed by atoms with Crippen molar-refractivity contribution < 1.29 is 4.79 Å². The summed E-state index contributed by atoms with van der Waals surface area (Å²) in [6.07, 6.45) is 7.42. The van der Waals surface area contributed by atoms with Gasteiger partial charge in [-0.1, -0.05) is 12.1 Å². The van der Waals surface area contributed by atoms with Crippen LogP contribution < -0.4 is 5.32 Å². The van der Waals surface area contributed by atoms with E-state index in [4.69, 9.17) is 0 Å². The fraction of sp³-hybridized carbons (Fsp3) is 0.353. The maximum absolute atomic E-state index is 12.2. The second-order valence-corrected chi connectivity index (χ2v) is 5.74. The van der Waals surface area contributed by atoms with E-state index in [1.807, 2.05) is 36.5 Å². The SMILES string of the molecule is N#CC1(NC(=O)Cc2ccc(-n3cccn3)cc2)CCCC1. The molecule has 0 aliphatic heterocycles. The molecule has 1 aromatic heterocycles. The summed E-state index contributed by atoms with van der Waals surface area (Å²) in [5, 5.41) is 16.4. The highest BCUT2D eigenvalue weighted by atomic mass is 16.1. The Morgan fingerprint density at radius 2 is 2.05 bits per heavy atom. The molecular formula is C17H18N4O. The van der Waals surface area contributed by atoms with Crippen molar-refractivity contribution in [2.75, 3.05) is 0 Å². The van der Waals surface area contributed by atoms with E-state index < -0.39 is 5.54 Å². The van der Waals surface area contributed by atoms with Gasteiger partial charge in [0.1, 0.15) is 5.54 Å². The standard InChI is InChI=1S/C17H18N4O/c18-13-17(8-1-2-9-17)20-16(22)12-14-4-6-15(7-5-14)21-11-3-10-19-21/h3-7,10-11H,1-2,8-9,12H2,(H,20,22). The van der Waals surface area contributed by atoms with Crippen LogP contribution in [-0.4, -0.2) is 21.2 Å². The molecule has 1 saturated carbocycles. The Balaban J connectivity index is 1.63. The maximum Gasteiger partial charge on any atom is 0.225 e. The Bertz CT molecular complexity index is 676. The molecule has 0 bridgehead atoms. The minimum atomic E-state index is -0.647. The van der Waals surface area contributed by atoms with Crippen molar-refractivity contribution in [3.63, 3.8) is 0 Å². The molecule has 1 aromatic carbocycles. The average Bonchev–Trinajstić information content (AvgIpc) is 3.20. The van der Waals surface area contributed by atoms with Crippen LogP contribution in [0.3, 0.4) is 0 Å². The minimum absolute atomic E-state index is 0.0877. The average molecular weight is 294 g/mol. The van der Waals surface area contributed by atoms with E-state index in [0.29, 0.717) is 6.42 Å². The summed E-state index contributed by atoms with van der Waals surface area (Å²) in [4.78, 5) is 12.2. The zero-order valence-corrected chi connectivity index (χ0v) is 12.3. The second kappa shape index (κ2) is 6.02. The first-order valence-corrected chi connectivity index (χ1v) is 7.52. The molecule has 1 fully saturated rings. The van der Waals surface area contributed by atoms with Crippen LogP contribution in [-0.2, 0) is 11.2 Å². The van der Waals surface area contributed by atoms with E-state index in [0.717, 1.165) is 36.9 Å². The summed E-state index contributed by atoms with van der Waals surface area (Å²) >= 11 is 0. The summed E-state index contributed by atoms with van der Waals surface area (Å²) in [7, 11) is 0. The number of nitrogens with zero attached hydrogens (tertiary/aromatic N) is 3. The summed E-state index contributed by atoms with van der Waals surface area (Å²) in [6.45, 7) is 0. The molecule has 0 spiro atoms. The van der Waals surface area contributed by atoms with Gasteiger partial charge in [-0.2, -0.15) is 10.4 Å². The van der Waals surface area contributed by atoms with Gasteiger partial charge in [-0.25, -0.2) is 4.68 Å². The van der Waals surface area contributed by atoms with Crippen LogP contribution >= 0.6 is 0 Å². The van der Waals surface area contributed by atoms with Crippen molar-refractivity contribution in [1.82, 2.24) is 15.1 Å². The molecule has 2 aromatic rings. The van der Waals surface area contributed by atoms with Gasteiger partial charge in [0.2, 0.25) is 5.91 Å². The monoisotopic (exact) mass is 294 g/mol. The smallest absolute Gasteiger partial charge is 0.225 e. The third-order valence-electron chi connectivity index (χ3n) is 4.12. The number of carbonyl (C=O) groups excluding carboxylic acids is 1. The fourth-order valence-corrected chi connectivity index (χ4v) is 2.93. The number of aromatic nitrogens is 2. The summed E-state index contributed by atoms with van der Waals surface area (Å²) in [5.41, 5.74) is 1.24. The highest BCUT2D eigenvalue weighted by molar-refractivity contribution is 5.80. The van der Waals surface area contributed by atoms with Gasteiger partial charge in [0.15, 0.2) is 0 Å². The molecule has 1 aliphatic rings. The van der Waals surface area contributed by atoms with Crippen LogP contribution in [0.2, 0.25) is 0 Å². The molecule has 5 heteroatoms. The van der Waals surface area contributed by atoms with Gasteiger partial charge in [0.25, 0.3) is 0 Å². The van der Waals surface area contributed by atoms with Crippen LogP contribution in [0.1, 0.15) is 31.2 Å². The molecule has 5 nitrogen and oxygen atoms in total. The number of rotatable bonds is 4. The molecule has 22 heavy (non-hydrogen) atoms. The van der Waals surface area contributed by atoms with Crippen molar-refractivity contribution in [1.29, 1.82) is 5.26 Å². The first kappa shape index (κ1) is 14.3. The summed E-state index contributed by atoms with van der Waals surface area (Å²) < 4.78 is 1.77. The van der Waals surface area contributed by atoms with Gasteiger partial charge in [-0.3, -0.25) is 4.79 Å². The molecule has 1 heterocycles. The van der Waals surface area contributed by atoms with E-state index in [9.17, 15) is 10.1 Å². The Morgan fingerprint density at radius 3 is 2.64 bits per heavy atom. The molecule has 0 saturated heterocycles. The molecule has 1 aliphatic carbocycles. The Hall–Kier alpha value is -2.61. The quantitative estimate of drug-likeness (QED) is 0.941. The van der Waals surface area contributed by atoms with Gasteiger partial charge >= 0.3 is 0 Å². The normalized spacial score (nSPS) is 16.1. The summed E-state index contributed by atoms with van der Waals surface area (Å²) in [6, 6.07) is 11.9. The zero-order chi connectivity index (χ0) is 15.4. The predicted octanol–water partition coefficient (Wildman–Crippen LogP) is 2.37. The van der Waals surface area contributed by atoms with Gasteiger partial charge in [0, 0.05) is 12.4 Å². The molecule has 1 N–H and O–H groups in total. The van der Waals surface area contributed by atoms with Crippen LogP contribution in [0.5, 0.6) is 0 Å². The molecule has 0 unspecified atom stereocenters. The number of benzene rings is 1. The molecular weight excluding hydrogens is 276 g/mol. The third kappa shape index (κ3) is 3.01. The fourth-order valence-electron chi connectivity index (χ4n) is 2.93. The maximum atomic E-state index is 12.2. The third-order valence-corrected chi connectivity index (χ3v) is 4.12. The Kier molecular flexibility index (Phi) is 3.92. The molecule has 3 rings (SSSR count). The lowest BCUT2D eigenvalue weighted by atomic mass is 9.99. The Morgan fingerprint density at radius 1 is 1.32 bits per heavy atom.